The lowest BCUT2D eigenvalue weighted by Crippen LogP contribution is -2.33. The second-order valence-electron chi connectivity index (χ2n) is 4.56. The Morgan fingerprint density at radius 2 is 2.18 bits per heavy atom. The second-order valence-corrected chi connectivity index (χ2v) is 4.56. The van der Waals surface area contributed by atoms with Gasteiger partial charge in [0.05, 0.1) is 12.0 Å². The van der Waals surface area contributed by atoms with Gasteiger partial charge < -0.3 is 10.1 Å². The van der Waals surface area contributed by atoms with Gasteiger partial charge in [-0.15, -0.1) is 0 Å². The molecule has 2 rings (SSSR count). The predicted molar refractivity (Wildman–Crippen MR) is 65.5 cm³/mol. The number of methoxy groups -OCH3 is 1. The Morgan fingerprint density at radius 1 is 1.47 bits per heavy atom. The van der Waals surface area contributed by atoms with Gasteiger partial charge in [0.1, 0.15) is 11.4 Å². The lowest BCUT2D eigenvalue weighted by molar-refractivity contribution is -0.384. The number of nitrogens with zero attached hydrogens (tertiary/aromatic N) is 1. The largest absolute Gasteiger partial charge is 0.497 e. The molecule has 0 aliphatic heterocycles. The van der Waals surface area contributed by atoms with Crippen molar-refractivity contribution >= 4 is 11.4 Å². The van der Waals surface area contributed by atoms with Crippen LogP contribution in [0, 0.1) is 16.0 Å². The molecule has 1 aromatic rings. The average molecular weight is 236 g/mol. The average Bonchev–Trinajstić information content (AvgIpc) is 2.26. The number of anilines is 1. The Morgan fingerprint density at radius 3 is 2.71 bits per heavy atom. The van der Waals surface area contributed by atoms with Crippen LogP contribution in [0.4, 0.5) is 11.4 Å². The van der Waals surface area contributed by atoms with E-state index in [1.165, 1.54) is 6.07 Å². The first-order valence-electron chi connectivity index (χ1n) is 5.69. The Balaban J connectivity index is 2.19. The molecule has 0 saturated heterocycles. The van der Waals surface area contributed by atoms with Crippen molar-refractivity contribution < 1.29 is 9.66 Å². The van der Waals surface area contributed by atoms with E-state index in [0.29, 0.717) is 23.4 Å². The fraction of sp³-hybridized carbons (Fsp3) is 0.500. The summed E-state index contributed by atoms with van der Waals surface area (Å²) >= 11 is 0. The number of nitro benzene ring substituents is 1. The summed E-state index contributed by atoms with van der Waals surface area (Å²) in [7, 11) is 1.55. The van der Waals surface area contributed by atoms with Gasteiger partial charge in [-0.3, -0.25) is 10.1 Å². The molecule has 0 atom stereocenters. The van der Waals surface area contributed by atoms with Crippen LogP contribution in [0.15, 0.2) is 18.2 Å². The fourth-order valence-corrected chi connectivity index (χ4v) is 2.16. The van der Waals surface area contributed by atoms with Crippen molar-refractivity contribution in [3.8, 4) is 5.75 Å². The van der Waals surface area contributed by atoms with Gasteiger partial charge in [0, 0.05) is 18.2 Å². The molecule has 0 spiro atoms. The summed E-state index contributed by atoms with van der Waals surface area (Å²) in [6, 6.07) is 5.10. The lowest BCUT2D eigenvalue weighted by Gasteiger charge is -2.33. The quantitative estimate of drug-likeness (QED) is 0.645. The molecule has 0 unspecified atom stereocenters. The number of ether oxygens (including phenoxy) is 1. The van der Waals surface area contributed by atoms with Gasteiger partial charge in [-0.1, -0.05) is 6.92 Å². The minimum Gasteiger partial charge on any atom is -0.497 e. The maximum Gasteiger partial charge on any atom is 0.292 e. The Bertz CT molecular complexity index is 428. The highest BCUT2D eigenvalue weighted by molar-refractivity contribution is 5.64. The molecule has 1 aliphatic carbocycles. The molecular formula is C12H16N2O3. The highest BCUT2D eigenvalue weighted by atomic mass is 16.6. The number of benzene rings is 1. The summed E-state index contributed by atoms with van der Waals surface area (Å²) in [5, 5.41) is 14.1. The van der Waals surface area contributed by atoms with Gasteiger partial charge in [0.15, 0.2) is 0 Å². The first kappa shape index (κ1) is 11.7. The molecular weight excluding hydrogens is 220 g/mol. The van der Waals surface area contributed by atoms with Crippen LogP contribution in [-0.4, -0.2) is 18.1 Å². The van der Waals surface area contributed by atoms with Crippen molar-refractivity contribution in [2.75, 3.05) is 12.4 Å². The lowest BCUT2D eigenvalue weighted by atomic mass is 9.82. The maximum atomic E-state index is 10.9. The van der Waals surface area contributed by atoms with Gasteiger partial charge in [0.25, 0.3) is 5.69 Å². The molecule has 1 N–H and O–H groups in total. The first-order chi connectivity index (χ1) is 8.10. The van der Waals surface area contributed by atoms with Crippen LogP contribution in [-0.2, 0) is 0 Å². The van der Waals surface area contributed by atoms with Crippen LogP contribution in [0.2, 0.25) is 0 Å². The van der Waals surface area contributed by atoms with Crippen LogP contribution < -0.4 is 10.1 Å². The highest BCUT2D eigenvalue weighted by Crippen LogP contribution is 2.34. The molecule has 5 nitrogen and oxygen atoms in total. The molecule has 0 aromatic heterocycles. The van der Waals surface area contributed by atoms with Gasteiger partial charge in [0.2, 0.25) is 0 Å². The van der Waals surface area contributed by atoms with E-state index in [2.05, 4.69) is 12.2 Å². The summed E-state index contributed by atoms with van der Waals surface area (Å²) in [5.74, 6) is 1.34. The zero-order valence-electron chi connectivity index (χ0n) is 9.97. The van der Waals surface area contributed by atoms with E-state index < -0.39 is 0 Å². The molecule has 0 bridgehead atoms. The molecule has 17 heavy (non-hydrogen) atoms. The van der Waals surface area contributed by atoms with Crippen molar-refractivity contribution in [1.82, 2.24) is 0 Å². The third kappa shape index (κ3) is 2.49. The third-order valence-corrected chi connectivity index (χ3v) is 3.13. The molecule has 5 heteroatoms. The topological polar surface area (TPSA) is 64.4 Å². The maximum absolute atomic E-state index is 10.9. The van der Waals surface area contributed by atoms with Crippen molar-refractivity contribution in [2.24, 2.45) is 5.92 Å². The van der Waals surface area contributed by atoms with E-state index in [4.69, 9.17) is 4.74 Å². The highest BCUT2D eigenvalue weighted by Gasteiger charge is 2.27. The van der Waals surface area contributed by atoms with E-state index in [-0.39, 0.29) is 10.6 Å². The third-order valence-electron chi connectivity index (χ3n) is 3.13. The van der Waals surface area contributed by atoms with E-state index in [9.17, 15) is 10.1 Å². The molecule has 0 amide bonds. The predicted octanol–water partition coefficient (Wildman–Crippen LogP) is 2.81. The number of hydrogen-bond donors (Lipinski definition) is 1. The van der Waals surface area contributed by atoms with Crippen molar-refractivity contribution in [3.63, 3.8) is 0 Å². The molecule has 1 saturated carbocycles. The molecule has 0 radical (unpaired) electrons. The van der Waals surface area contributed by atoms with Gasteiger partial charge in [-0.05, 0) is 24.8 Å². The first-order valence-corrected chi connectivity index (χ1v) is 5.69. The summed E-state index contributed by atoms with van der Waals surface area (Å²) < 4.78 is 5.08. The Hall–Kier alpha value is -1.78. The van der Waals surface area contributed by atoms with E-state index >= 15 is 0 Å². The van der Waals surface area contributed by atoms with Gasteiger partial charge in [-0.2, -0.15) is 0 Å². The standard InChI is InChI=1S/C12H16N2O3/c1-8-5-9(6-8)13-11-7-10(17-2)3-4-12(11)14(15)16/h3-4,7-9,13H,5-6H2,1-2H3. The Kier molecular flexibility index (Phi) is 3.17. The summed E-state index contributed by atoms with van der Waals surface area (Å²) in [6.07, 6.45) is 2.13. The smallest absolute Gasteiger partial charge is 0.292 e. The zero-order valence-corrected chi connectivity index (χ0v) is 9.97. The fourth-order valence-electron chi connectivity index (χ4n) is 2.16. The molecule has 0 heterocycles. The Labute approximate surface area is 99.9 Å². The van der Waals surface area contributed by atoms with E-state index in [1.807, 2.05) is 0 Å². The zero-order chi connectivity index (χ0) is 12.4. The normalized spacial score (nSPS) is 22.7. The summed E-state index contributed by atoms with van der Waals surface area (Å²) in [4.78, 5) is 10.5. The van der Waals surface area contributed by atoms with Crippen molar-refractivity contribution in [3.05, 3.63) is 28.3 Å². The number of hydrogen-bond acceptors (Lipinski definition) is 4. The van der Waals surface area contributed by atoms with Crippen LogP contribution in [0.1, 0.15) is 19.8 Å². The van der Waals surface area contributed by atoms with Crippen LogP contribution in [0.3, 0.4) is 0 Å². The number of rotatable bonds is 4. The molecule has 1 fully saturated rings. The molecule has 1 aromatic carbocycles. The SMILES string of the molecule is COc1ccc([N+](=O)[O-])c(NC2CC(C)C2)c1. The van der Waals surface area contributed by atoms with Gasteiger partial charge >= 0.3 is 0 Å². The van der Waals surface area contributed by atoms with E-state index in [0.717, 1.165) is 12.8 Å². The monoisotopic (exact) mass is 236 g/mol. The summed E-state index contributed by atoms with van der Waals surface area (Å²) in [5.41, 5.74) is 0.650. The molecule has 92 valence electrons. The minimum atomic E-state index is -0.371. The van der Waals surface area contributed by atoms with Gasteiger partial charge in [-0.25, -0.2) is 0 Å². The van der Waals surface area contributed by atoms with E-state index in [1.54, 1.807) is 19.2 Å². The van der Waals surface area contributed by atoms with Crippen LogP contribution in [0.5, 0.6) is 5.75 Å². The second kappa shape index (κ2) is 4.61. The summed E-state index contributed by atoms with van der Waals surface area (Å²) in [6.45, 7) is 2.18. The van der Waals surface area contributed by atoms with Crippen LogP contribution >= 0.6 is 0 Å². The van der Waals surface area contributed by atoms with Crippen LogP contribution in [0.25, 0.3) is 0 Å². The molecule has 1 aliphatic rings. The number of nitro groups is 1. The number of nitrogens with one attached hydrogen (secondary N) is 1. The van der Waals surface area contributed by atoms with Crippen molar-refractivity contribution in [2.45, 2.75) is 25.8 Å². The minimum absolute atomic E-state index is 0.102. The van der Waals surface area contributed by atoms with Crippen molar-refractivity contribution in [1.29, 1.82) is 0 Å².